The first-order chi connectivity index (χ1) is 12.1. The van der Waals surface area contributed by atoms with Gasteiger partial charge in [-0.15, -0.1) is 0 Å². The molecule has 25 heavy (non-hydrogen) atoms. The molecule has 8 nitrogen and oxygen atoms in total. The lowest BCUT2D eigenvalue weighted by molar-refractivity contribution is -0.117. The number of H-pyrrole nitrogens is 1. The highest BCUT2D eigenvalue weighted by atomic mass is 16.2. The Hall–Kier alpha value is -3.29. The zero-order valence-corrected chi connectivity index (χ0v) is 13.5. The Morgan fingerprint density at radius 2 is 2.08 bits per heavy atom. The molecule has 1 aliphatic heterocycles. The largest absolute Gasteiger partial charge is 0.353 e. The van der Waals surface area contributed by atoms with E-state index in [2.05, 4.69) is 35.8 Å². The maximum Gasteiger partial charge on any atom is 0.251 e. The summed E-state index contributed by atoms with van der Waals surface area (Å²) in [6.45, 7) is 2.02. The number of carbonyl (C=O) groups excluding carboxylic acids is 1. The van der Waals surface area contributed by atoms with Crippen molar-refractivity contribution in [2.24, 2.45) is 0 Å². The van der Waals surface area contributed by atoms with Crippen molar-refractivity contribution < 1.29 is 6.22 Å². The van der Waals surface area contributed by atoms with Crippen LogP contribution >= 0.6 is 0 Å². The Morgan fingerprint density at radius 1 is 1.20 bits per heavy atom. The zero-order valence-electron chi connectivity index (χ0n) is 13.5. The Bertz CT molecular complexity index is 998. The lowest BCUT2D eigenvalue weighted by Gasteiger charge is -2.25. The number of aryl methyl sites for hydroxylation is 1. The fraction of sp³-hybridized carbons (Fsp3) is 0.235. The number of nitrogens with one attached hydrogen (secondary N) is 3. The number of anilines is 2. The topological polar surface area (TPSA) is 108 Å². The number of hydrogen-bond acceptors (Lipinski definition) is 6. The minimum atomic E-state index is -0.481. The molecular weight excluding hydrogens is 318 g/mol. The number of benzene rings is 1. The van der Waals surface area contributed by atoms with Crippen LogP contribution in [0, 0.1) is 6.92 Å². The Balaban J connectivity index is 0.00000168. The third-order valence-electron chi connectivity index (χ3n) is 4.74. The van der Waals surface area contributed by atoms with E-state index in [1.54, 1.807) is 6.20 Å². The Kier molecular flexibility index (Phi) is 2.74. The van der Waals surface area contributed by atoms with Crippen LogP contribution in [-0.4, -0.2) is 36.6 Å². The second kappa shape index (κ2) is 4.85. The van der Waals surface area contributed by atoms with Crippen molar-refractivity contribution in [2.45, 2.75) is 25.3 Å². The number of nitrogens with zero attached hydrogens (tertiary/aromatic N) is 4. The van der Waals surface area contributed by atoms with E-state index in [-0.39, 0.29) is 7.33 Å². The lowest BCUT2D eigenvalue weighted by Crippen LogP contribution is -2.41. The first-order valence-electron chi connectivity index (χ1n) is 8.08. The molecule has 1 spiro atoms. The van der Waals surface area contributed by atoms with Gasteiger partial charge in [0, 0.05) is 12.6 Å². The number of carbonyl (C=O) groups is 1. The van der Waals surface area contributed by atoms with E-state index in [1.807, 2.05) is 25.1 Å². The molecule has 3 aromatic rings. The summed E-state index contributed by atoms with van der Waals surface area (Å²) in [4.78, 5) is 25.3. The monoisotopic (exact) mass is 335 g/mol. The van der Waals surface area contributed by atoms with Gasteiger partial charge in [0.15, 0.2) is 17.5 Å². The van der Waals surface area contributed by atoms with Crippen LogP contribution in [0.3, 0.4) is 0 Å². The first-order valence-corrected chi connectivity index (χ1v) is 8.08. The van der Waals surface area contributed by atoms with Crippen LogP contribution in [0.4, 0.5) is 11.6 Å². The molecule has 0 unspecified atom stereocenters. The summed E-state index contributed by atoms with van der Waals surface area (Å²) < 4.78 is 0. The van der Waals surface area contributed by atoms with Crippen molar-refractivity contribution in [1.29, 1.82) is 0 Å². The highest BCUT2D eigenvalue weighted by Crippen LogP contribution is 2.44. The molecular formula is C17H17N7O. The van der Waals surface area contributed by atoms with Crippen molar-refractivity contribution in [3.8, 4) is 22.6 Å². The van der Waals surface area contributed by atoms with Crippen LogP contribution in [-0.2, 0) is 4.79 Å². The van der Waals surface area contributed by atoms with E-state index in [0.717, 1.165) is 41.1 Å². The van der Waals surface area contributed by atoms with Crippen LogP contribution in [0.1, 0.15) is 19.8 Å². The van der Waals surface area contributed by atoms with Crippen LogP contribution in [0.25, 0.3) is 22.6 Å². The average Bonchev–Trinajstić information content (AvgIpc) is 3.17. The van der Waals surface area contributed by atoms with Gasteiger partial charge in [0.05, 0.1) is 11.9 Å². The van der Waals surface area contributed by atoms with Crippen LogP contribution in [0.5, 0.6) is 0 Å². The van der Waals surface area contributed by atoms with Crippen molar-refractivity contribution in [3.05, 3.63) is 36.3 Å². The zero-order chi connectivity index (χ0) is 17.0. The lowest BCUT2D eigenvalue weighted by atomic mass is 10.0. The third-order valence-corrected chi connectivity index (χ3v) is 4.74. The Labute approximate surface area is 144 Å². The van der Waals surface area contributed by atoms with E-state index in [0.29, 0.717) is 11.6 Å². The van der Waals surface area contributed by atoms with Crippen molar-refractivity contribution >= 4 is 17.5 Å². The van der Waals surface area contributed by atoms with Crippen molar-refractivity contribution in [1.82, 2.24) is 25.1 Å². The predicted octanol–water partition coefficient (Wildman–Crippen LogP) is 2.38. The van der Waals surface area contributed by atoms with E-state index >= 15 is 0 Å². The number of hydrogen-bond donors (Lipinski definition) is 3. The predicted molar refractivity (Wildman–Crippen MR) is 93.9 cm³/mol. The number of aromatic nitrogens is 5. The van der Waals surface area contributed by atoms with Gasteiger partial charge in [0.2, 0.25) is 0 Å². The quantitative estimate of drug-likeness (QED) is 0.663. The number of amides is 1. The van der Waals surface area contributed by atoms with E-state index < -0.39 is 5.54 Å². The summed E-state index contributed by atoms with van der Waals surface area (Å²) in [6.07, 6.45) is 4.83. The molecule has 5 rings (SSSR count). The highest BCUT2D eigenvalue weighted by molar-refractivity contribution is 6.06. The molecule has 1 saturated carbocycles. The number of fused-ring (bicyclic) bond motifs is 1. The summed E-state index contributed by atoms with van der Waals surface area (Å²) >= 11 is 0. The summed E-state index contributed by atoms with van der Waals surface area (Å²) in [5.41, 5.74) is 3.30. The second-order valence-corrected chi connectivity index (χ2v) is 6.48. The smallest absolute Gasteiger partial charge is 0.251 e. The van der Waals surface area contributed by atoms with E-state index in [1.165, 1.54) is 6.33 Å². The molecule has 1 amide bonds. The van der Waals surface area contributed by atoms with Crippen LogP contribution in [0.15, 0.2) is 30.7 Å². The van der Waals surface area contributed by atoms with Crippen molar-refractivity contribution in [2.75, 3.05) is 10.6 Å². The van der Waals surface area contributed by atoms with Gasteiger partial charge in [0.25, 0.3) is 5.91 Å². The maximum absolute atomic E-state index is 12.0. The highest BCUT2D eigenvalue weighted by Gasteiger charge is 2.53. The van der Waals surface area contributed by atoms with Crippen LogP contribution < -0.4 is 10.6 Å². The normalized spacial score (nSPS) is 16.9. The number of aromatic amines is 1. The molecule has 0 radical (unpaired) electrons. The number of rotatable bonds is 2. The summed E-state index contributed by atoms with van der Waals surface area (Å²) in [6, 6.07) is 6.01. The molecule has 1 aliphatic carbocycles. The molecule has 1 fully saturated rings. The summed E-state index contributed by atoms with van der Waals surface area (Å²) in [7, 11) is 0. The molecule has 0 atom stereocenters. The molecule has 2 aliphatic rings. The molecule has 2 aromatic heterocycles. The van der Waals surface area contributed by atoms with Gasteiger partial charge in [-0.2, -0.15) is 5.10 Å². The minimum absolute atomic E-state index is 0. The summed E-state index contributed by atoms with van der Waals surface area (Å²) in [5.74, 6) is 1.83. The van der Waals surface area contributed by atoms with Gasteiger partial charge in [-0.05, 0) is 31.4 Å². The molecule has 1 aromatic carbocycles. The molecule has 0 bridgehead atoms. The standard InChI is InChI=1S/C17H15N7O.H2/c1-9-6-10(13-19-8-20-24-13)2-3-11(9)12-7-18-14-15(21-12)23-17(4-5-17)16(25)22-14;/h2-3,6-8H,4-5H2,1H3,(H,21,23)(H,18,22,25)(H,19,20,24);1H. The molecule has 126 valence electrons. The van der Waals surface area contributed by atoms with Crippen molar-refractivity contribution in [3.63, 3.8) is 0 Å². The van der Waals surface area contributed by atoms with E-state index in [4.69, 9.17) is 0 Å². The average molecular weight is 335 g/mol. The molecule has 8 heteroatoms. The van der Waals surface area contributed by atoms with Gasteiger partial charge in [-0.1, -0.05) is 12.1 Å². The first kappa shape index (κ1) is 14.1. The van der Waals surface area contributed by atoms with Gasteiger partial charge >= 0.3 is 0 Å². The molecule has 3 N–H and O–H groups in total. The molecule has 0 saturated heterocycles. The van der Waals surface area contributed by atoms with Gasteiger partial charge in [-0.3, -0.25) is 9.89 Å². The van der Waals surface area contributed by atoms with E-state index in [9.17, 15) is 4.79 Å². The summed E-state index contributed by atoms with van der Waals surface area (Å²) in [5, 5.41) is 12.8. The maximum atomic E-state index is 12.0. The molecule has 3 heterocycles. The SMILES string of the molecule is Cc1cc(-c2ncn[nH]2)ccc1-c1cnc2c(n1)NC1(CC1)C(=O)N2.[HH]. The minimum Gasteiger partial charge on any atom is -0.353 e. The fourth-order valence-corrected chi connectivity index (χ4v) is 3.13. The third kappa shape index (κ3) is 2.18. The fourth-order valence-electron chi connectivity index (χ4n) is 3.13. The van der Waals surface area contributed by atoms with Gasteiger partial charge < -0.3 is 10.6 Å². The Morgan fingerprint density at radius 3 is 2.80 bits per heavy atom. The van der Waals surface area contributed by atoms with Gasteiger partial charge in [0.1, 0.15) is 11.9 Å². The van der Waals surface area contributed by atoms with Gasteiger partial charge in [-0.25, -0.2) is 15.0 Å². The van der Waals surface area contributed by atoms with Crippen LogP contribution in [0.2, 0.25) is 0 Å². The second-order valence-electron chi connectivity index (χ2n) is 6.48.